The number of azide groups is 1. The smallest absolute Gasteiger partial charge is 0.357 e. The third-order valence-electron chi connectivity index (χ3n) is 3.11. The predicted molar refractivity (Wildman–Crippen MR) is 97.6 cm³/mol. The number of amides is 1. The summed E-state index contributed by atoms with van der Waals surface area (Å²) in [6.45, 7) is 2.20. The molecule has 1 amide bonds. The Hall–Kier alpha value is -2.44. The van der Waals surface area contributed by atoms with E-state index in [1.54, 1.807) is 0 Å². The van der Waals surface area contributed by atoms with Crippen LogP contribution in [0.3, 0.4) is 0 Å². The molecule has 0 saturated heterocycles. The zero-order valence-corrected chi connectivity index (χ0v) is 16.5. The lowest BCUT2D eigenvalue weighted by Crippen LogP contribution is -2.31. The maximum absolute atomic E-state index is 11.6. The molecule has 0 fully saturated rings. The van der Waals surface area contributed by atoms with Gasteiger partial charge in [0.2, 0.25) is 0 Å². The van der Waals surface area contributed by atoms with Gasteiger partial charge in [-0.1, -0.05) is 5.11 Å². The Labute approximate surface area is 168 Å². The monoisotopic (exact) mass is 420 g/mol. The molecule has 0 aliphatic rings. The SMILES string of the molecule is CN(OC(=O)COCCOCCOCCOCCN=[N+]=[N-])C(=O)CCCC(=O)O. The van der Waals surface area contributed by atoms with Crippen LogP contribution in [-0.2, 0) is 38.2 Å². The lowest BCUT2D eigenvalue weighted by Gasteiger charge is -2.16. The van der Waals surface area contributed by atoms with Crippen LogP contribution >= 0.6 is 0 Å². The van der Waals surface area contributed by atoms with Crippen molar-refractivity contribution < 1.29 is 43.3 Å². The van der Waals surface area contributed by atoms with Crippen molar-refractivity contribution in [1.82, 2.24) is 5.06 Å². The lowest BCUT2D eigenvalue weighted by atomic mass is 10.2. The van der Waals surface area contributed by atoms with E-state index in [9.17, 15) is 14.4 Å². The number of rotatable bonds is 18. The molecule has 0 atom stereocenters. The number of ether oxygens (including phenoxy) is 4. The molecule has 166 valence electrons. The summed E-state index contributed by atoms with van der Waals surface area (Å²) < 4.78 is 20.7. The second-order valence-electron chi connectivity index (χ2n) is 5.45. The highest BCUT2D eigenvalue weighted by Crippen LogP contribution is 2.00. The highest BCUT2D eigenvalue weighted by Gasteiger charge is 2.14. The fraction of sp³-hybridized carbons (Fsp3) is 0.812. The summed E-state index contributed by atoms with van der Waals surface area (Å²) in [6, 6.07) is 0. The van der Waals surface area contributed by atoms with Gasteiger partial charge in [0.1, 0.15) is 6.61 Å². The van der Waals surface area contributed by atoms with Crippen molar-refractivity contribution >= 4 is 17.8 Å². The van der Waals surface area contributed by atoms with Crippen molar-refractivity contribution in [3.8, 4) is 0 Å². The van der Waals surface area contributed by atoms with Gasteiger partial charge in [-0.15, -0.1) is 0 Å². The van der Waals surface area contributed by atoms with Crippen LogP contribution in [0, 0.1) is 0 Å². The Bertz CT molecular complexity index is 527. The van der Waals surface area contributed by atoms with E-state index in [0.29, 0.717) is 33.0 Å². The summed E-state index contributed by atoms with van der Waals surface area (Å²) in [6.07, 6.45) is 0.00109. The fourth-order valence-corrected chi connectivity index (χ4v) is 1.74. The average molecular weight is 420 g/mol. The van der Waals surface area contributed by atoms with E-state index >= 15 is 0 Å². The number of aliphatic carboxylic acids is 1. The molecular weight excluding hydrogens is 392 g/mol. The van der Waals surface area contributed by atoms with Crippen molar-refractivity contribution in [2.75, 3.05) is 66.4 Å². The van der Waals surface area contributed by atoms with Crippen LogP contribution < -0.4 is 0 Å². The van der Waals surface area contributed by atoms with Gasteiger partial charge < -0.3 is 28.9 Å². The van der Waals surface area contributed by atoms with Crippen molar-refractivity contribution in [3.05, 3.63) is 10.4 Å². The van der Waals surface area contributed by atoms with E-state index in [1.165, 1.54) is 7.05 Å². The molecule has 0 unspecified atom stereocenters. The number of nitrogens with zero attached hydrogens (tertiary/aromatic N) is 4. The normalized spacial score (nSPS) is 10.2. The van der Waals surface area contributed by atoms with E-state index < -0.39 is 17.8 Å². The standard InChI is InChI=1S/C16H28N4O9/c1-20(14(21)3-2-4-15(22)23)29-16(24)13-28-12-11-27-10-9-26-8-7-25-6-5-18-19-17/h2-13H2,1H3,(H,22,23). The predicted octanol–water partition coefficient (Wildman–Crippen LogP) is 0.535. The third kappa shape index (κ3) is 18.7. The van der Waals surface area contributed by atoms with Crippen LogP contribution in [0.4, 0.5) is 0 Å². The van der Waals surface area contributed by atoms with E-state index in [-0.39, 0.29) is 45.6 Å². The van der Waals surface area contributed by atoms with Gasteiger partial charge in [-0.2, -0.15) is 5.06 Å². The molecule has 29 heavy (non-hydrogen) atoms. The number of carbonyl (C=O) groups excluding carboxylic acids is 2. The molecule has 0 radical (unpaired) electrons. The second kappa shape index (κ2) is 18.9. The summed E-state index contributed by atoms with van der Waals surface area (Å²) >= 11 is 0. The number of hydroxylamine groups is 2. The van der Waals surface area contributed by atoms with Crippen LogP contribution in [0.1, 0.15) is 19.3 Å². The molecular formula is C16H28N4O9. The minimum atomic E-state index is -0.993. The van der Waals surface area contributed by atoms with Gasteiger partial charge >= 0.3 is 11.9 Å². The van der Waals surface area contributed by atoms with E-state index in [0.717, 1.165) is 5.06 Å². The summed E-state index contributed by atoms with van der Waals surface area (Å²) in [5.41, 5.74) is 8.07. The van der Waals surface area contributed by atoms with E-state index in [4.69, 9.17) is 34.4 Å². The molecule has 0 aromatic heterocycles. The molecule has 0 heterocycles. The van der Waals surface area contributed by atoms with Crippen LogP contribution in [0.15, 0.2) is 5.11 Å². The molecule has 0 aromatic carbocycles. The molecule has 0 saturated carbocycles. The highest BCUT2D eigenvalue weighted by molar-refractivity contribution is 5.78. The maximum Gasteiger partial charge on any atom is 0.357 e. The minimum Gasteiger partial charge on any atom is -0.481 e. The lowest BCUT2D eigenvalue weighted by molar-refractivity contribution is -0.196. The number of carboxylic acids is 1. The largest absolute Gasteiger partial charge is 0.481 e. The third-order valence-corrected chi connectivity index (χ3v) is 3.11. The van der Waals surface area contributed by atoms with Gasteiger partial charge in [-0.25, -0.2) is 4.79 Å². The highest BCUT2D eigenvalue weighted by atomic mass is 16.7. The summed E-state index contributed by atoms with van der Waals surface area (Å²) in [5.74, 6) is -2.24. The molecule has 1 N–H and O–H groups in total. The first-order chi connectivity index (χ1) is 14.0. The Morgan fingerprint density at radius 2 is 1.48 bits per heavy atom. The van der Waals surface area contributed by atoms with Crippen molar-refractivity contribution in [1.29, 1.82) is 0 Å². The Morgan fingerprint density at radius 3 is 2.03 bits per heavy atom. The van der Waals surface area contributed by atoms with Gasteiger partial charge in [0.25, 0.3) is 5.91 Å². The Morgan fingerprint density at radius 1 is 0.931 bits per heavy atom. The van der Waals surface area contributed by atoms with E-state index in [1.807, 2.05) is 0 Å². The average Bonchev–Trinajstić information content (AvgIpc) is 2.67. The molecule has 0 aromatic rings. The molecule has 13 heteroatoms. The number of hydrogen-bond donors (Lipinski definition) is 1. The number of hydrogen-bond acceptors (Lipinski definition) is 9. The van der Waals surface area contributed by atoms with Crippen molar-refractivity contribution in [2.45, 2.75) is 19.3 Å². The summed E-state index contributed by atoms with van der Waals surface area (Å²) in [7, 11) is 1.27. The Kier molecular flexibility index (Phi) is 17.3. The quantitative estimate of drug-likeness (QED) is 0.109. The van der Waals surface area contributed by atoms with Gasteiger partial charge in [0, 0.05) is 31.3 Å². The molecule has 0 bridgehead atoms. The molecule has 13 nitrogen and oxygen atoms in total. The van der Waals surface area contributed by atoms with Crippen LogP contribution in [-0.4, -0.2) is 94.5 Å². The zero-order chi connectivity index (χ0) is 21.7. The second-order valence-corrected chi connectivity index (χ2v) is 5.45. The van der Waals surface area contributed by atoms with Crippen molar-refractivity contribution in [3.63, 3.8) is 0 Å². The minimum absolute atomic E-state index is 0.0330. The maximum atomic E-state index is 11.6. The topological polar surface area (TPSA) is 170 Å². The Balaban J connectivity index is 3.45. The first-order valence-electron chi connectivity index (χ1n) is 8.98. The van der Waals surface area contributed by atoms with Gasteiger partial charge in [-0.05, 0) is 12.0 Å². The first-order valence-corrected chi connectivity index (χ1v) is 8.98. The van der Waals surface area contributed by atoms with Crippen LogP contribution in [0.5, 0.6) is 0 Å². The fourth-order valence-electron chi connectivity index (χ4n) is 1.74. The number of carbonyl (C=O) groups is 3. The summed E-state index contributed by atoms with van der Waals surface area (Å²) in [4.78, 5) is 40.9. The molecule has 0 rings (SSSR count). The van der Waals surface area contributed by atoms with Gasteiger partial charge in [0.15, 0.2) is 0 Å². The van der Waals surface area contributed by atoms with Gasteiger partial charge in [0.05, 0.1) is 46.2 Å². The molecule has 0 spiro atoms. The molecule has 0 aliphatic carbocycles. The molecule has 0 aliphatic heterocycles. The summed E-state index contributed by atoms with van der Waals surface area (Å²) in [5, 5.41) is 12.6. The van der Waals surface area contributed by atoms with Gasteiger partial charge in [-0.3, -0.25) is 9.59 Å². The van der Waals surface area contributed by atoms with Crippen molar-refractivity contribution in [2.24, 2.45) is 5.11 Å². The van der Waals surface area contributed by atoms with Crippen LogP contribution in [0.25, 0.3) is 10.4 Å². The zero-order valence-electron chi connectivity index (χ0n) is 16.5. The van der Waals surface area contributed by atoms with E-state index in [2.05, 4.69) is 10.0 Å². The van der Waals surface area contributed by atoms with Crippen LogP contribution in [0.2, 0.25) is 0 Å². The first kappa shape index (κ1) is 26.6. The number of carboxylic acid groups (broad SMARTS) is 1.